The molecule has 2 fully saturated rings. The van der Waals surface area contributed by atoms with Crippen molar-refractivity contribution in [2.45, 2.75) is 52.0 Å². The zero-order valence-corrected chi connectivity index (χ0v) is 26.2. The van der Waals surface area contributed by atoms with E-state index in [2.05, 4.69) is 18.9 Å². The van der Waals surface area contributed by atoms with E-state index in [4.69, 9.17) is 20.1 Å². The van der Waals surface area contributed by atoms with Crippen LogP contribution in [0.15, 0.2) is 76.7 Å². The van der Waals surface area contributed by atoms with E-state index in [1.165, 1.54) is 19.3 Å². The molecule has 0 bridgehead atoms. The summed E-state index contributed by atoms with van der Waals surface area (Å²) < 4.78 is 6.01. The van der Waals surface area contributed by atoms with Crippen LogP contribution in [0.5, 0.6) is 11.5 Å². The molecule has 0 spiro atoms. The molecule has 2 aromatic carbocycles. The Morgan fingerprint density at radius 1 is 1.09 bits per heavy atom. The summed E-state index contributed by atoms with van der Waals surface area (Å²) in [4.78, 5) is 27.6. The second-order valence-electron chi connectivity index (χ2n) is 12.5. The van der Waals surface area contributed by atoms with Crippen LogP contribution in [-0.4, -0.2) is 79.2 Å². The molecule has 1 amide bonds. The zero-order chi connectivity index (χ0) is 30.3. The summed E-state index contributed by atoms with van der Waals surface area (Å²) in [5.41, 5.74) is 3.45. The molecule has 5 rings (SSSR count). The number of hydrogen-bond acceptors (Lipinski definition) is 6. The monoisotopic (exact) mass is 581 g/mol. The Bertz CT molecular complexity index is 1350. The van der Waals surface area contributed by atoms with Gasteiger partial charge >= 0.3 is 0 Å². The third kappa shape index (κ3) is 7.32. The maximum absolute atomic E-state index is 13.2. The number of likely N-dealkylation sites (N-methyl/N-ethyl adjacent to an activating group) is 1. The summed E-state index contributed by atoms with van der Waals surface area (Å²) in [6, 6.07) is 18.5. The van der Waals surface area contributed by atoms with Gasteiger partial charge in [-0.2, -0.15) is 0 Å². The number of piperidine rings is 1. The molecule has 1 saturated carbocycles. The van der Waals surface area contributed by atoms with Gasteiger partial charge in [0.15, 0.2) is 0 Å². The topological polar surface area (TPSA) is 81.3 Å². The van der Waals surface area contributed by atoms with E-state index in [0.29, 0.717) is 24.2 Å². The van der Waals surface area contributed by atoms with Crippen LogP contribution >= 0.6 is 0 Å². The standard InChI is InChI=1S/C36H47N5O2/c1-25-32(28-11-9-22-41(24-28)33(42)16-10-21-40(4)29-12-8-13-29)23-39-36(34(26(2)37)35(25)38-3)27-17-19-31(20-18-27)43-30-14-6-5-7-15-30/h5-7,10,14-20,25,28-29,32,34,37H,8-9,11-13,21-24H2,1-4H3. The van der Waals surface area contributed by atoms with Crippen molar-refractivity contribution >= 4 is 23.0 Å². The molecule has 1 saturated heterocycles. The molecule has 4 atom stereocenters. The van der Waals surface area contributed by atoms with Gasteiger partial charge in [-0.25, -0.2) is 0 Å². The lowest BCUT2D eigenvalue weighted by Crippen LogP contribution is -2.45. The van der Waals surface area contributed by atoms with E-state index >= 15 is 0 Å². The number of amides is 1. The number of nitrogens with one attached hydrogen (secondary N) is 1. The summed E-state index contributed by atoms with van der Waals surface area (Å²) in [6.45, 7) is 7.15. The van der Waals surface area contributed by atoms with Gasteiger partial charge in [-0.3, -0.25) is 19.7 Å². The van der Waals surface area contributed by atoms with Crippen molar-refractivity contribution in [3.63, 3.8) is 0 Å². The highest BCUT2D eigenvalue weighted by Crippen LogP contribution is 2.36. The second-order valence-corrected chi connectivity index (χ2v) is 12.5. The minimum absolute atomic E-state index is 0.118. The molecule has 0 aromatic heterocycles. The molecule has 43 heavy (non-hydrogen) atoms. The maximum Gasteiger partial charge on any atom is 0.246 e. The Kier molecular flexibility index (Phi) is 10.2. The Hall–Kier alpha value is -3.58. The molecular weight excluding hydrogens is 534 g/mol. The Morgan fingerprint density at radius 3 is 2.47 bits per heavy atom. The van der Waals surface area contributed by atoms with Gasteiger partial charge in [0.05, 0.1) is 11.6 Å². The van der Waals surface area contributed by atoms with Gasteiger partial charge in [0.2, 0.25) is 5.91 Å². The quantitative estimate of drug-likeness (QED) is 0.270. The Balaban J connectivity index is 1.31. The summed E-state index contributed by atoms with van der Waals surface area (Å²) >= 11 is 0. The number of hydrogen-bond donors (Lipinski definition) is 1. The lowest BCUT2D eigenvalue weighted by molar-refractivity contribution is -0.128. The predicted octanol–water partition coefficient (Wildman–Crippen LogP) is 6.54. The van der Waals surface area contributed by atoms with E-state index < -0.39 is 0 Å². The third-order valence-electron chi connectivity index (χ3n) is 9.70. The highest BCUT2D eigenvalue weighted by molar-refractivity contribution is 6.28. The number of likely N-dealkylation sites (tertiary alicyclic amines) is 1. The molecule has 7 nitrogen and oxygen atoms in total. The Morgan fingerprint density at radius 2 is 1.81 bits per heavy atom. The fraction of sp³-hybridized carbons (Fsp3) is 0.500. The van der Waals surface area contributed by atoms with Gasteiger partial charge in [0.1, 0.15) is 11.5 Å². The van der Waals surface area contributed by atoms with Gasteiger partial charge in [0.25, 0.3) is 0 Å². The molecule has 1 N–H and O–H groups in total. The first kappa shape index (κ1) is 30.9. The van der Waals surface area contributed by atoms with Crippen LogP contribution in [0.1, 0.15) is 51.5 Å². The number of carbonyl (C=O) groups excluding carboxylic acids is 1. The van der Waals surface area contributed by atoms with Crippen molar-refractivity contribution < 1.29 is 9.53 Å². The number of carbonyl (C=O) groups is 1. The molecule has 2 aromatic rings. The molecule has 7 heteroatoms. The fourth-order valence-electron chi connectivity index (χ4n) is 6.93. The molecule has 228 valence electrons. The number of nitrogens with zero attached hydrogens (tertiary/aromatic N) is 4. The number of benzene rings is 2. The molecule has 3 aliphatic rings. The van der Waals surface area contributed by atoms with Crippen molar-refractivity contribution in [1.82, 2.24) is 9.80 Å². The maximum atomic E-state index is 13.2. The van der Waals surface area contributed by atoms with Crippen molar-refractivity contribution in [3.05, 3.63) is 72.3 Å². The molecule has 2 heterocycles. The van der Waals surface area contributed by atoms with Crippen LogP contribution in [0.2, 0.25) is 0 Å². The Labute approximate surface area is 257 Å². The van der Waals surface area contributed by atoms with Gasteiger partial charge in [-0.15, -0.1) is 0 Å². The van der Waals surface area contributed by atoms with Crippen LogP contribution in [0.4, 0.5) is 0 Å². The SMILES string of the molecule is CN=C1C(C(C)=N)C(c2ccc(Oc3ccccc3)cc2)=NCC(C2CCCN(C(=O)C=CCN(C)C3CCC3)C2)C1C. The number of aliphatic imine (C=N–C) groups is 2. The predicted molar refractivity (Wildman–Crippen MR) is 176 cm³/mol. The number of para-hydroxylation sites is 1. The van der Waals surface area contributed by atoms with Crippen LogP contribution < -0.4 is 4.74 Å². The fourth-order valence-corrected chi connectivity index (χ4v) is 6.93. The van der Waals surface area contributed by atoms with Gasteiger partial charge in [-0.1, -0.05) is 37.6 Å². The average molecular weight is 582 g/mol. The summed E-state index contributed by atoms with van der Waals surface area (Å²) in [5.74, 6) is 2.16. The number of rotatable bonds is 9. The van der Waals surface area contributed by atoms with Crippen LogP contribution in [0.25, 0.3) is 0 Å². The smallest absolute Gasteiger partial charge is 0.246 e. The minimum atomic E-state index is -0.261. The third-order valence-corrected chi connectivity index (χ3v) is 9.70. The van der Waals surface area contributed by atoms with E-state index in [1.807, 2.05) is 79.5 Å². The lowest BCUT2D eigenvalue weighted by Gasteiger charge is -2.38. The lowest BCUT2D eigenvalue weighted by atomic mass is 9.73. The van der Waals surface area contributed by atoms with Crippen LogP contribution in [0, 0.1) is 29.1 Å². The normalized spacial score (nSPS) is 25.8. The van der Waals surface area contributed by atoms with Gasteiger partial charge < -0.3 is 15.0 Å². The highest BCUT2D eigenvalue weighted by Gasteiger charge is 2.40. The van der Waals surface area contributed by atoms with Crippen LogP contribution in [0.3, 0.4) is 0 Å². The van der Waals surface area contributed by atoms with E-state index in [0.717, 1.165) is 61.0 Å². The highest BCUT2D eigenvalue weighted by atomic mass is 16.5. The van der Waals surface area contributed by atoms with Crippen molar-refractivity contribution in [3.8, 4) is 11.5 Å². The van der Waals surface area contributed by atoms with Crippen LogP contribution in [-0.2, 0) is 4.79 Å². The molecule has 1 aliphatic carbocycles. The van der Waals surface area contributed by atoms with E-state index in [9.17, 15) is 4.79 Å². The van der Waals surface area contributed by atoms with E-state index in [-0.39, 0.29) is 23.7 Å². The first-order chi connectivity index (χ1) is 20.9. The molecule has 2 aliphatic heterocycles. The molecule has 4 unspecified atom stereocenters. The first-order valence-corrected chi connectivity index (χ1v) is 15.9. The first-order valence-electron chi connectivity index (χ1n) is 15.9. The summed E-state index contributed by atoms with van der Waals surface area (Å²) in [5, 5.41) is 8.77. The molecule has 0 radical (unpaired) electrons. The van der Waals surface area contributed by atoms with Gasteiger partial charge in [0, 0.05) is 56.8 Å². The zero-order valence-electron chi connectivity index (χ0n) is 26.2. The van der Waals surface area contributed by atoms with Crippen molar-refractivity contribution in [1.29, 1.82) is 5.41 Å². The molecular formula is C36H47N5O2. The number of ether oxygens (including phenoxy) is 1. The van der Waals surface area contributed by atoms with Crippen molar-refractivity contribution in [2.75, 3.05) is 40.3 Å². The van der Waals surface area contributed by atoms with E-state index in [1.54, 1.807) is 6.08 Å². The minimum Gasteiger partial charge on any atom is -0.457 e. The second kappa shape index (κ2) is 14.3. The largest absolute Gasteiger partial charge is 0.457 e. The van der Waals surface area contributed by atoms with Gasteiger partial charge in [-0.05, 0) is 99.4 Å². The summed E-state index contributed by atoms with van der Waals surface area (Å²) in [7, 11) is 4.00. The summed E-state index contributed by atoms with van der Waals surface area (Å²) in [6.07, 6.45) is 9.75. The average Bonchev–Trinajstić information content (AvgIpc) is 3.13. The van der Waals surface area contributed by atoms with Crippen molar-refractivity contribution in [2.24, 2.45) is 33.7 Å².